The van der Waals surface area contributed by atoms with Gasteiger partial charge in [-0.1, -0.05) is 0 Å². The van der Waals surface area contributed by atoms with Crippen molar-refractivity contribution in [3.05, 3.63) is 12.2 Å². The van der Waals surface area contributed by atoms with Gasteiger partial charge in [0.2, 0.25) is 0 Å². The van der Waals surface area contributed by atoms with Gasteiger partial charge in [0.15, 0.2) is 0 Å². The van der Waals surface area contributed by atoms with Gasteiger partial charge in [0.1, 0.15) is 17.7 Å². The molecule has 110 valence electrons. The number of H-pyrrole nitrogens is 1. The molecular formula is C12H19N5O3. The lowest BCUT2D eigenvalue weighted by Gasteiger charge is -2.31. The van der Waals surface area contributed by atoms with E-state index in [9.17, 15) is 14.7 Å². The fraction of sp³-hybridized carbons (Fsp3) is 0.667. The summed E-state index contributed by atoms with van der Waals surface area (Å²) in [6, 6.07) is -0.315. The highest BCUT2D eigenvalue weighted by Gasteiger charge is 2.45. The number of carboxylic acid groups (broad SMARTS) is 1. The van der Waals surface area contributed by atoms with Gasteiger partial charge < -0.3 is 15.3 Å². The first-order valence-electron chi connectivity index (χ1n) is 6.67. The van der Waals surface area contributed by atoms with Crippen LogP contribution in [0.4, 0.5) is 4.79 Å². The number of amides is 2. The molecule has 0 bridgehead atoms. The zero-order valence-corrected chi connectivity index (χ0v) is 11.4. The van der Waals surface area contributed by atoms with Crippen molar-refractivity contribution >= 4 is 12.0 Å². The van der Waals surface area contributed by atoms with Crippen LogP contribution in [-0.2, 0) is 11.2 Å². The molecule has 0 radical (unpaired) electrons. The standard InChI is InChI=1S/C12H19N5O3/c1-12(10(18)19)5-3-7-17(12)11(20)13-6-2-4-9-14-8-15-16-9/h8H,2-7H2,1H3,(H,13,20)(H,18,19)(H,14,15,16). The van der Waals surface area contributed by atoms with Crippen LogP contribution in [0.3, 0.4) is 0 Å². The Balaban J connectivity index is 1.78. The summed E-state index contributed by atoms with van der Waals surface area (Å²) in [6.07, 6.45) is 4.06. The minimum Gasteiger partial charge on any atom is -0.480 e. The molecule has 2 heterocycles. The number of nitrogens with zero attached hydrogens (tertiary/aromatic N) is 3. The van der Waals surface area contributed by atoms with Crippen molar-refractivity contribution in [3.8, 4) is 0 Å². The van der Waals surface area contributed by atoms with Crippen molar-refractivity contribution in [2.75, 3.05) is 13.1 Å². The van der Waals surface area contributed by atoms with E-state index in [1.807, 2.05) is 0 Å². The summed E-state index contributed by atoms with van der Waals surface area (Å²) in [6.45, 7) is 2.55. The van der Waals surface area contributed by atoms with E-state index in [-0.39, 0.29) is 6.03 Å². The maximum Gasteiger partial charge on any atom is 0.329 e. The highest BCUT2D eigenvalue weighted by molar-refractivity contribution is 5.86. The minimum absolute atomic E-state index is 0.315. The van der Waals surface area contributed by atoms with Crippen LogP contribution in [0.2, 0.25) is 0 Å². The predicted octanol–water partition coefficient (Wildman–Crippen LogP) is 0.386. The Kier molecular flexibility index (Phi) is 4.21. The van der Waals surface area contributed by atoms with Gasteiger partial charge in [0.05, 0.1) is 0 Å². The molecule has 2 rings (SSSR count). The summed E-state index contributed by atoms with van der Waals surface area (Å²) in [5.74, 6) is -0.178. The Morgan fingerprint density at radius 2 is 2.40 bits per heavy atom. The molecule has 0 saturated carbocycles. The maximum atomic E-state index is 12.0. The van der Waals surface area contributed by atoms with Crippen LogP contribution in [0.15, 0.2) is 6.33 Å². The van der Waals surface area contributed by atoms with Crippen LogP contribution < -0.4 is 5.32 Å². The molecule has 0 spiro atoms. The molecule has 20 heavy (non-hydrogen) atoms. The van der Waals surface area contributed by atoms with Gasteiger partial charge in [0, 0.05) is 19.5 Å². The lowest BCUT2D eigenvalue weighted by molar-refractivity contribution is -0.147. The van der Waals surface area contributed by atoms with E-state index in [1.165, 1.54) is 11.2 Å². The molecule has 2 amide bonds. The zero-order valence-electron chi connectivity index (χ0n) is 11.4. The first-order chi connectivity index (χ1) is 9.54. The molecular weight excluding hydrogens is 262 g/mol. The molecule has 1 aromatic rings. The van der Waals surface area contributed by atoms with Crippen molar-refractivity contribution < 1.29 is 14.7 Å². The second-order valence-corrected chi connectivity index (χ2v) is 5.10. The van der Waals surface area contributed by atoms with Crippen LogP contribution in [-0.4, -0.2) is 55.8 Å². The topological polar surface area (TPSA) is 111 Å². The van der Waals surface area contributed by atoms with E-state index < -0.39 is 11.5 Å². The molecule has 1 aliphatic rings. The average molecular weight is 281 g/mol. The highest BCUT2D eigenvalue weighted by Crippen LogP contribution is 2.29. The molecule has 1 aliphatic heterocycles. The quantitative estimate of drug-likeness (QED) is 0.676. The molecule has 1 aromatic heterocycles. The number of urea groups is 1. The first kappa shape index (κ1) is 14.3. The summed E-state index contributed by atoms with van der Waals surface area (Å²) < 4.78 is 0. The highest BCUT2D eigenvalue weighted by atomic mass is 16.4. The second-order valence-electron chi connectivity index (χ2n) is 5.10. The molecule has 8 nitrogen and oxygen atoms in total. The number of aliphatic carboxylic acids is 1. The third kappa shape index (κ3) is 2.89. The first-order valence-corrected chi connectivity index (χ1v) is 6.67. The van der Waals surface area contributed by atoms with Crippen LogP contribution in [0.5, 0.6) is 0 Å². The largest absolute Gasteiger partial charge is 0.480 e. The summed E-state index contributed by atoms with van der Waals surface area (Å²) in [7, 11) is 0. The molecule has 3 N–H and O–H groups in total. The number of aromatic amines is 1. The Morgan fingerprint density at radius 3 is 3.05 bits per heavy atom. The van der Waals surface area contributed by atoms with E-state index >= 15 is 0 Å². The van der Waals surface area contributed by atoms with Gasteiger partial charge in [-0.2, -0.15) is 5.10 Å². The summed E-state index contributed by atoms with van der Waals surface area (Å²) in [5.41, 5.74) is -1.09. The molecule has 1 fully saturated rings. The predicted molar refractivity (Wildman–Crippen MR) is 70.1 cm³/mol. The monoisotopic (exact) mass is 281 g/mol. The van der Waals surface area contributed by atoms with Crippen molar-refractivity contribution in [1.29, 1.82) is 0 Å². The Hall–Kier alpha value is -2.12. The summed E-state index contributed by atoms with van der Waals surface area (Å²) >= 11 is 0. The number of likely N-dealkylation sites (tertiary alicyclic amines) is 1. The van der Waals surface area contributed by atoms with Crippen LogP contribution >= 0.6 is 0 Å². The number of nitrogens with one attached hydrogen (secondary N) is 2. The minimum atomic E-state index is -1.09. The maximum absolute atomic E-state index is 12.0. The molecule has 0 aliphatic carbocycles. The average Bonchev–Trinajstić information content (AvgIpc) is 3.04. The van der Waals surface area contributed by atoms with E-state index in [1.54, 1.807) is 6.92 Å². The number of carboxylic acids is 1. The smallest absolute Gasteiger partial charge is 0.329 e. The fourth-order valence-corrected chi connectivity index (χ4v) is 2.41. The number of carbonyl (C=O) groups is 2. The lowest BCUT2D eigenvalue weighted by atomic mass is 10.00. The number of rotatable bonds is 5. The molecule has 1 atom stereocenters. The lowest BCUT2D eigenvalue weighted by Crippen LogP contribution is -2.54. The third-order valence-electron chi connectivity index (χ3n) is 3.68. The normalized spacial score (nSPS) is 21.9. The van der Waals surface area contributed by atoms with Gasteiger partial charge in [0.25, 0.3) is 0 Å². The zero-order chi connectivity index (χ0) is 14.6. The summed E-state index contributed by atoms with van der Waals surface area (Å²) in [5, 5.41) is 18.5. The molecule has 1 unspecified atom stereocenters. The van der Waals surface area contributed by atoms with Crippen LogP contribution in [0.25, 0.3) is 0 Å². The van der Waals surface area contributed by atoms with Gasteiger partial charge in [-0.15, -0.1) is 0 Å². The van der Waals surface area contributed by atoms with Crippen LogP contribution in [0.1, 0.15) is 32.0 Å². The third-order valence-corrected chi connectivity index (χ3v) is 3.68. The van der Waals surface area contributed by atoms with E-state index in [2.05, 4.69) is 20.5 Å². The van der Waals surface area contributed by atoms with Crippen LogP contribution in [0, 0.1) is 0 Å². The van der Waals surface area contributed by atoms with Gasteiger partial charge >= 0.3 is 12.0 Å². The Labute approximate surface area is 116 Å². The number of aromatic nitrogens is 3. The number of hydrogen-bond acceptors (Lipinski definition) is 4. The number of carbonyl (C=O) groups excluding carboxylic acids is 1. The second kappa shape index (κ2) is 5.89. The van der Waals surface area contributed by atoms with E-state index in [0.29, 0.717) is 32.4 Å². The van der Waals surface area contributed by atoms with E-state index in [4.69, 9.17) is 0 Å². The van der Waals surface area contributed by atoms with Gasteiger partial charge in [-0.25, -0.2) is 14.6 Å². The van der Waals surface area contributed by atoms with Gasteiger partial charge in [-0.05, 0) is 26.2 Å². The molecule has 8 heteroatoms. The summed E-state index contributed by atoms with van der Waals surface area (Å²) in [4.78, 5) is 28.7. The van der Waals surface area contributed by atoms with Gasteiger partial charge in [-0.3, -0.25) is 5.10 Å². The Bertz CT molecular complexity index is 475. The Morgan fingerprint density at radius 1 is 1.60 bits per heavy atom. The molecule has 0 aromatic carbocycles. The SMILES string of the molecule is CC1(C(=O)O)CCCN1C(=O)NCCCc1ncn[nH]1. The molecule has 1 saturated heterocycles. The number of aryl methyl sites for hydroxylation is 1. The fourth-order valence-electron chi connectivity index (χ4n) is 2.41. The van der Waals surface area contributed by atoms with Crippen molar-refractivity contribution in [2.45, 2.75) is 38.1 Å². The van der Waals surface area contributed by atoms with Crippen molar-refractivity contribution in [1.82, 2.24) is 25.4 Å². The van der Waals surface area contributed by atoms with Crippen molar-refractivity contribution in [3.63, 3.8) is 0 Å². The number of hydrogen-bond donors (Lipinski definition) is 3. The van der Waals surface area contributed by atoms with E-state index in [0.717, 1.165) is 12.2 Å². The van der Waals surface area contributed by atoms with Crippen molar-refractivity contribution in [2.24, 2.45) is 0 Å².